The summed E-state index contributed by atoms with van der Waals surface area (Å²) in [6.45, 7) is 2.24. The zero-order valence-electron chi connectivity index (χ0n) is 8.66. The van der Waals surface area contributed by atoms with Crippen LogP contribution in [0.25, 0.3) is 0 Å². The van der Waals surface area contributed by atoms with E-state index >= 15 is 0 Å². The van der Waals surface area contributed by atoms with Crippen molar-refractivity contribution in [3.05, 3.63) is 0 Å². The highest BCUT2D eigenvalue weighted by atomic mass is 19.3. The minimum absolute atomic E-state index is 0.161. The Labute approximate surface area is 88.0 Å². The standard InChI is InChI=1S/C10H16F2N2O/c11-9(12)7-13-3-5-14(6-4-13)10(15)8-1-2-8/h8-9H,1-7H2. The number of alkyl halides is 2. The van der Waals surface area contributed by atoms with Crippen molar-refractivity contribution in [2.75, 3.05) is 32.7 Å². The highest BCUT2D eigenvalue weighted by Gasteiger charge is 2.34. The molecular weight excluding hydrogens is 202 g/mol. The van der Waals surface area contributed by atoms with Crippen LogP contribution in [0.4, 0.5) is 8.78 Å². The minimum atomic E-state index is -2.27. The van der Waals surface area contributed by atoms with Gasteiger partial charge in [-0.15, -0.1) is 0 Å². The van der Waals surface area contributed by atoms with Crippen LogP contribution in [-0.2, 0) is 4.79 Å². The zero-order chi connectivity index (χ0) is 10.8. The van der Waals surface area contributed by atoms with E-state index in [1.54, 1.807) is 4.90 Å². The molecule has 0 atom stereocenters. The summed E-state index contributed by atoms with van der Waals surface area (Å²) in [6, 6.07) is 0. The Hall–Kier alpha value is -0.710. The molecule has 0 N–H and O–H groups in total. The van der Waals surface area contributed by atoms with Crippen LogP contribution >= 0.6 is 0 Å². The number of carbonyl (C=O) groups excluding carboxylic acids is 1. The van der Waals surface area contributed by atoms with Crippen molar-refractivity contribution in [1.29, 1.82) is 0 Å². The lowest BCUT2D eigenvalue weighted by molar-refractivity contribution is -0.134. The first-order chi connectivity index (χ1) is 7.16. The molecule has 1 heterocycles. The van der Waals surface area contributed by atoms with Gasteiger partial charge in [0.25, 0.3) is 6.43 Å². The lowest BCUT2D eigenvalue weighted by Crippen LogP contribution is -2.50. The van der Waals surface area contributed by atoms with Crippen molar-refractivity contribution in [2.24, 2.45) is 5.92 Å². The minimum Gasteiger partial charge on any atom is -0.340 e. The van der Waals surface area contributed by atoms with Crippen molar-refractivity contribution in [2.45, 2.75) is 19.3 Å². The second-order valence-electron chi connectivity index (χ2n) is 4.29. The quantitative estimate of drug-likeness (QED) is 0.699. The van der Waals surface area contributed by atoms with Gasteiger partial charge in [-0.1, -0.05) is 0 Å². The van der Waals surface area contributed by atoms with E-state index in [0.717, 1.165) is 12.8 Å². The number of halogens is 2. The van der Waals surface area contributed by atoms with E-state index in [1.165, 1.54) is 0 Å². The number of hydrogen-bond donors (Lipinski definition) is 0. The Morgan fingerprint density at radius 2 is 1.80 bits per heavy atom. The fourth-order valence-corrected chi connectivity index (χ4v) is 1.93. The molecule has 0 aromatic rings. The second kappa shape index (κ2) is 4.43. The van der Waals surface area contributed by atoms with E-state index in [9.17, 15) is 13.6 Å². The number of piperazine rings is 1. The number of carbonyl (C=O) groups is 1. The third-order valence-electron chi connectivity index (χ3n) is 3.01. The highest BCUT2D eigenvalue weighted by Crippen LogP contribution is 2.31. The van der Waals surface area contributed by atoms with Crippen LogP contribution in [0.3, 0.4) is 0 Å². The van der Waals surface area contributed by atoms with Crippen LogP contribution in [0.2, 0.25) is 0 Å². The summed E-state index contributed by atoms with van der Waals surface area (Å²) < 4.78 is 24.2. The normalized spacial score (nSPS) is 23.5. The third kappa shape index (κ3) is 2.87. The maximum Gasteiger partial charge on any atom is 0.251 e. The molecule has 86 valence electrons. The van der Waals surface area contributed by atoms with Crippen molar-refractivity contribution in [3.8, 4) is 0 Å². The molecule has 0 radical (unpaired) electrons. The van der Waals surface area contributed by atoms with Gasteiger partial charge in [-0.3, -0.25) is 9.69 Å². The molecule has 2 aliphatic rings. The molecule has 2 fully saturated rings. The molecule has 5 heteroatoms. The summed E-state index contributed by atoms with van der Waals surface area (Å²) >= 11 is 0. The number of nitrogens with zero attached hydrogens (tertiary/aromatic N) is 2. The molecule has 1 amide bonds. The number of amides is 1. The molecule has 1 saturated carbocycles. The Morgan fingerprint density at radius 3 is 2.27 bits per heavy atom. The first kappa shape index (κ1) is 10.8. The van der Waals surface area contributed by atoms with E-state index in [4.69, 9.17) is 0 Å². The van der Waals surface area contributed by atoms with Gasteiger partial charge in [0.15, 0.2) is 0 Å². The van der Waals surface area contributed by atoms with Gasteiger partial charge in [0.05, 0.1) is 6.54 Å². The Kier molecular flexibility index (Phi) is 3.19. The van der Waals surface area contributed by atoms with Gasteiger partial charge < -0.3 is 4.90 Å². The summed E-state index contributed by atoms with van der Waals surface area (Å²) in [5.74, 6) is 0.471. The van der Waals surface area contributed by atoms with E-state index in [2.05, 4.69) is 0 Å². The Morgan fingerprint density at radius 1 is 1.20 bits per heavy atom. The smallest absolute Gasteiger partial charge is 0.251 e. The lowest BCUT2D eigenvalue weighted by atomic mass is 10.2. The van der Waals surface area contributed by atoms with Crippen molar-refractivity contribution < 1.29 is 13.6 Å². The van der Waals surface area contributed by atoms with Crippen LogP contribution in [0.1, 0.15) is 12.8 Å². The highest BCUT2D eigenvalue weighted by molar-refractivity contribution is 5.81. The number of hydrogen-bond acceptors (Lipinski definition) is 2. The summed E-state index contributed by atoms with van der Waals surface area (Å²) in [5.41, 5.74) is 0. The molecule has 1 aliphatic carbocycles. The van der Waals surface area contributed by atoms with Crippen molar-refractivity contribution in [3.63, 3.8) is 0 Å². The van der Waals surface area contributed by atoms with Crippen LogP contribution in [0.5, 0.6) is 0 Å². The SMILES string of the molecule is O=C(C1CC1)N1CCN(CC(F)F)CC1. The van der Waals surface area contributed by atoms with Crippen molar-refractivity contribution >= 4 is 5.91 Å². The predicted molar refractivity (Wildman–Crippen MR) is 51.7 cm³/mol. The van der Waals surface area contributed by atoms with Gasteiger partial charge >= 0.3 is 0 Å². The lowest BCUT2D eigenvalue weighted by Gasteiger charge is -2.34. The zero-order valence-corrected chi connectivity index (χ0v) is 8.66. The first-order valence-electron chi connectivity index (χ1n) is 5.46. The number of rotatable bonds is 3. The summed E-state index contributed by atoms with van der Waals surface area (Å²) in [4.78, 5) is 15.2. The Bertz CT molecular complexity index is 236. The molecule has 15 heavy (non-hydrogen) atoms. The van der Waals surface area contributed by atoms with Crippen LogP contribution < -0.4 is 0 Å². The van der Waals surface area contributed by atoms with Crippen LogP contribution in [0.15, 0.2) is 0 Å². The van der Waals surface area contributed by atoms with E-state index < -0.39 is 6.43 Å². The van der Waals surface area contributed by atoms with Crippen LogP contribution in [0, 0.1) is 5.92 Å². The average molecular weight is 218 g/mol. The van der Waals surface area contributed by atoms with Crippen LogP contribution in [-0.4, -0.2) is 54.9 Å². The first-order valence-corrected chi connectivity index (χ1v) is 5.46. The molecule has 0 spiro atoms. The van der Waals surface area contributed by atoms with Gasteiger partial charge in [0.2, 0.25) is 5.91 Å². The monoisotopic (exact) mass is 218 g/mol. The van der Waals surface area contributed by atoms with Gasteiger partial charge in [-0.25, -0.2) is 8.78 Å². The summed E-state index contributed by atoms with van der Waals surface area (Å²) in [5, 5.41) is 0. The van der Waals surface area contributed by atoms with Gasteiger partial charge in [-0.05, 0) is 12.8 Å². The van der Waals surface area contributed by atoms with E-state index in [0.29, 0.717) is 26.2 Å². The maximum atomic E-state index is 12.1. The summed E-state index contributed by atoms with van der Waals surface area (Å²) in [6.07, 6.45) is -0.248. The Balaban J connectivity index is 1.73. The topological polar surface area (TPSA) is 23.6 Å². The summed E-state index contributed by atoms with van der Waals surface area (Å²) in [7, 11) is 0. The fourth-order valence-electron chi connectivity index (χ4n) is 1.93. The van der Waals surface area contributed by atoms with Gasteiger partial charge in [-0.2, -0.15) is 0 Å². The largest absolute Gasteiger partial charge is 0.340 e. The van der Waals surface area contributed by atoms with Crippen molar-refractivity contribution in [1.82, 2.24) is 9.80 Å². The molecule has 0 bridgehead atoms. The van der Waals surface area contributed by atoms with E-state index in [1.807, 2.05) is 4.90 Å². The van der Waals surface area contributed by atoms with Gasteiger partial charge in [0, 0.05) is 32.1 Å². The average Bonchev–Trinajstić information content (AvgIpc) is 3.00. The molecular formula is C10H16F2N2O. The third-order valence-corrected chi connectivity index (χ3v) is 3.01. The molecule has 1 aliphatic heterocycles. The molecule has 0 aromatic heterocycles. The maximum absolute atomic E-state index is 12.1. The molecule has 1 saturated heterocycles. The molecule has 2 rings (SSSR count). The molecule has 3 nitrogen and oxygen atoms in total. The predicted octanol–water partition coefficient (Wildman–Crippen LogP) is 0.806. The van der Waals surface area contributed by atoms with E-state index in [-0.39, 0.29) is 18.4 Å². The molecule has 0 unspecified atom stereocenters. The fraction of sp³-hybridized carbons (Fsp3) is 0.900. The molecule has 0 aromatic carbocycles. The second-order valence-corrected chi connectivity index (χ2v) is 4.29. The van der Waals surface area contributed by atoms with Gasteiger partial charge in [0.1, 0.15) is 0 Å².